The van der Waals surface area contributed by atoms with Gasteiger partial charge in [-0.1, -0.05) is 23.7 Å². The molecule has 5 nitrogen and oxygen atoms in total. The number of benzene rings is 2. The number of nitrogen functional groups attached to an aromatic ring is 1. The Morgan fingerprint density at radius 3 is 2.69 bits per heavy atom. The molecule has 0 saturated heterocycles. The Hall–Kier alpha value is -2.79. The average molecular weight is 366 g/mol. The molecule has 3 N–H and O–H groups in total. The lowest BCUT2D eigenvalue weighted by Gasteiger charge is -2.14. The number of halogens is 1. The van der Waals surface area contributed by atoms with Gasteiger partial charge in [-0.2, -0.15) is 0 Å². The van der Waals surface area contributed by atoms with E-state index < -0.39 is 0 Å². The van der Waals surface area contributed by atoms with Gasteiger partial charge in [0.2, 0.25) is 0 Å². The highest BCUT2D eigenvalue weighted by molar-refractivity contribution is 6.33. The Labute approximate surface area is 156 Å². The highest BCUT2D eigenvalue weighted by Crippen LogP contribution is 2.34. The zero-order valence-electron chi connectivity index (χ0n) is 14.9. The lowest BCUT2D eigenvalue weighted by Crippen LogP contribution is -2.10. The van der Waals surface area contributed by atoms with Crippen LogP contribution in [0.15, 0.2) is 42.6 Å². The summed E-state index contributed by atoms with van der Waals surface area (Å²) in [5.74, 6) is 1.22. The molecule has 0 amide bonds. The average Bonchev–Trinajstić information content (AvgIpc) is 3.00. The van der Waals surface area contributed by atoms with Gasteiger partial charge in [0.25, 0.3) is 0 Å². The van der Waals surface area contributed by atoms with Crippen LogP contribution in [-0.4, -0.2) is 20.4 Å². The van der Waals surface area contributed by atoms with Gasteiger partial charge in [-0.15, -0.1) is 0 Å². The highest BCUT2D eigenvalue weighted by Gasteiger charge is 2.17. The molecule has 2 aromatic carbocycles. The molecule has 0 bridgehead atoms. The summed E-state index contributed by atoms with van der Waals surface area (Å²) in [6.45, 7) is 6.24. The molecule has 2 aromatic heterocycles. The fourth-order valence-electron chi connectivity index (χ4n) is 3.28. The molecule has 132 valence electrons. The number of rotatable bonds is 3. The zero-order valence-corrected chi connectivity index (χ0v) is 15.7. The summed E-state index contributed by atoms with van der Waals surface area (Å²) in [4.78, 5) is 9.16. The van der Waals surface area contributed by atoms with Crippen molar-refractivity contribution in [2.24, 2.45) is 0 Å². The first kappa shape index (κ1) is 16.7. The van der Waals surface area contributed by atoms with Crippen LogP contribution in [0.2, 0.25) is 5.02 Å². The molecule has 0 fully saturated rings. The van der Waals surface area contributed by atoms with Crippen molar-refractivity contribution < 1.29 is 0 Å². The topological polar surface area (TPSA) is 68.2 Å². The third-order valence-electron chi connectivity index (χ3n) is 4.38. The second-order valence-corrected chi connectivity index (χ2v) is 7.14. The van der Waals surface area contributed by atoms with E-state index in [1.807, 2.05) is 41.7 Å². The van der Waals surface area contributed by atoms with Crippen LogP contribution in [0.3, 0.4) is 0 Å². The standard InChI is InChI=1S/C20H20ClN5/c1-11(2)24-13-7-8-15-16(9-13)26-17(19(22)25-15)10-23-20(26)18-12(3)5-4-6-14(18)21/h4-11,24H,1-3H3,(H2,22,25). The van der Waals surface area contributed by atoms with Gasteiger partial charge >= 0.3 is 0 Å². The lowest BCUT2D eigenvalue weighted by atomic mass is 10.1. The van der Waals surface area contributed by atoms with Crippen molar-refractivity contribution in [1.29, 1.82) is 0 Å². The summed E-state index contributed by atoms with van der Waals surface area (Å²) >= 11 is 6.50. The number of nitrogens with zero attached hydrogens (tertiary/aromatic N) is 3. The Bertz CT molecular complexity index is 1110. The maximum atomic E-state index is 6.50. The van der Waals surface area contributed by atoms with Gasteiger partial charge in [0.05, 0.1) is 22.3 Å². The smallest absolute Gasteiger partial charge is 0.150 e. The van der Waals surface area contributed by atoms with Gasteiger partial charge < -0.3 is 11.1 Å². The summed E-state index contributed by atoms with van der Waals surface area (Å²) in [5, 5.41) is 4.10. The van der Waals surface area contributed by atoms with E-state index in [1.54, 1.807) is 6.20 Å². The highest BCUT2D eigenvalue weighted by atomic mass is 35.5. The number of imidazole rings is 1. The molecule has 0 aliphatic carbocycles. The Morgan fingerprint density at radius 1 is 1.15 bits per heavy atom. The monoisotopic (exact) mass is 365 g/mol. The number of aromatic nitrogens is 3. The summed E-state index contributed by atoms with van der Waals surface area (Å²) < 4.78 is 2.04. The number of hydrogen-bond donors (Lipinski definition) is 2. The van der Waals surface area contributed by atoms with Crippen LogP contribution in [0.25, 0.3) is 27.9 Å². The van der Waals surface area contributed by atoms with Crippen molar-refractivity contribution in [3.63, 3.8) is 0 Å². The van der Waals surface area contributed by atoms with Crippen molar-refractivity contribution in [3.05, 3.63) is 53.2 Å². The van der Waals surface area contributed by atoms with Crippen molar-refractivity contribution in [1.82, 2.24) is 14.4 Å². The fraction of sp³-hybridized carbons (Fsp3) is 0.200. The summed E-state index contributed by atoms with van der Waals surface area (Å²) in [5.41, 5.74) is 11.7. The van der Waals surface area contributed by atoms with Crippen molar-refractivity contribution in [2.75, 3.05) is 11.1 Å². The molecule has 0 radical (unpaired) electrons. The van der Waals surface area contributed by atoms with Crippen LogP contribution >= 0.6 is 11.6 Å². The third-order valence-corrected chi connectivity index (χ3v) is 4.70. The van der Waals surface area contributed by atoms with Gasteiger partial charge in [-0.05, 0) is 50.6 Å². The number of nitrogens with two attached hydrogens (primary N) is 1. The maximum Gasteiger partial charge on any atom is 0.150 e. The number of anilines is 2. The van der Waals surface area contributed by atoms with Crippen LogP contribution in [0.5, 0.6) is 0 Å². The molecule has 0 saturated carbocycles. The number of fused-ring (bicyclic) bond motifs is 3. The van der Waals surface area contributed by atoms with E-state index in [9.17, 15) is 0 Å². The minimum absolute atomic E-state index is 0.331. The van der Waals surface area contributed by atoms with E-state index in [-0.39, 0.29) is 0 Å². The first-order valence-corrected chi connectivity index (χ1v) is 8.92. The van der Waals surface area contributed by atoms with Crippen LogP contribution in [0.4, 0.5) is 11.5 Å². The van der Waals surface area contributed by atoms with Gasteiger partial charge in [0.1, 0.15) is 17.2 Å². The van der Waals surface area contributed by atoms with E-state index in [2.05, 4.69) is 35.2 Å². The van der Waals surface area contributed by atoms with E-state index in [0.29, 0.717) is 16.9 Å². The van der Waals surface area contributed by atoms with Gasteiger partial charge in [0.15, 0.2) is 0 Å². The molecular weight excluding hydrogens is 346 g/mol. The molecule has 4 aromatic rings. The SMILES string of the molecule is Cc1cccc(Cl)c1-c1ncc2c(N)nc3ccc(NC(C)C)cc3n12. The van der Waals surface area contributed by atoms with Crippen LogP contribution < -0.4 is 11.1 Å². The second-order valence-electron chi connectivity index (χ2n) is 6.73. The quantitative estimate of drug-likeness (QED) is 0.541. The van der Waals surface area contributed by atoms with Crippen molar-refractivity contribution in [3.8, 4) is 11.4 Å². The minimum Gasteiger partial charge on any atom is -0.383 e. The van der Waals surface area contributed by atoms with E-state index in [4.69, 9.17) is 17.3 Å². The predicted octanol–water partition coefficient (Wildman–Crippen LogP) is 4.91. The van der Waals surface area contributed by atoms with E-state index in [1.165, 1.54) is 0 Å². The first-order chi connectivity index (χ1) is 12.5. The molecule has 2 heterocycles. The zero-order chi connectivity index (χ0) is 18.4. The maximum absolute atomic E-state index is 6.50. The van der Waals surface area contributed by atoms with Crippen LogP contribution in [0, 0.1) is 6.92 Å². The summed E-state index contributed by atoms with van der Waals surface area (Å²) in [6, 6.07) is 12.2. The summed E-state index contributed by atoms with van der Waals surface area (Å²) in [6.07, 6.45) is 1.75. The molecule has 0 aliphatic rings. The lowest BCUT2D eigenvalue weighted by molar-refractivity contribution is 0.900. The molecule has 6 heteroatoms. The number of nitrogens with one attached hydrogen (secondary N) is 1. The van der Waals surface area contributed by atoms with E-state index in [0.717, 1.165) is 39.2 Å². The Balaban J connectivity index is 2.09. The number of aryl methyl sites for hydroxylation is 1. The first-order valence-electron chi connectivity index (χ1n) is 8.54. The molecule has 0 spiro atoms. The van der Waals surface area contributed by atoms with E-state index >= 15 is 0 Å². The number of hydrogen-bond acceptors (Lipinski definition) is 4. The van der Waals surface area contributed by atoms with Gasteiger partial charge in [-0.3, -0.25) is 4.40 Å². The predicted molar refractivity (Wildman–Crippen MR) is 109 cm³/mol. The summed E-state index contributed by atoms with van der Waals surface area (Å²) in [7, 11) is 0. The molecule has 26 heavy (non-hydrogen) atoms. The molecule has 0 unspecified atom stereocenters. The normalized spacial score (nSPS) is 11.6. The van der Waals surface area contributed by atoms with Gasteiger partial charge in [0, 0.05) is 17.3 Å². The van der Waals surface area contributed by atoms with Gasteiger partial charge in [-0.25, -0.2) is 9.97 Å². The fourth-order valence-corrected chi connectivity index (χ4v) is 3.58. The van der Waals surface area contributed by atoms with Crippen LogP contribution in [0.1, 0.15) is 19.4 Å². The third kappa shape index (κ3) is 2.65. The molecule has 0 aliphatic heterocycles. The molecule has 0 atom stereocenters. The van der Waals surface area contributed by atoms with Crippen molar-refractivity contribution >= 4 is 39.7 Å². The molecule has 4 rings (SSSR count). The Morgan fingerprint density at radius 2 is 1.96 bits per heavy atom. The van der Waals surface area contributed by atoms with Crippen molar-refractivity contribution in [2.45, 2.75) is 26.8 Å². The second kappa shape index (κ2) is 6.18. The largest absolute Gasteiger partial charge is 0.383 e. The minimum atomic E-state index is 0.331. The Kier molecular flexibility index (Phi) is 3.96. The molecular formula is C20H20ClN5. The van der Waals surface area contributed by atoms with Crippen LogP contribution in [-0.2, 0) is 0 Å².